The van der Waals surface area contributed by atoms with Crippen LogP contribution in [0.3, 0.4) is 0 Å². The Kier molecular flexibility index (Phi) is 2.75. The molecule has 0 N–H and O–H groups in total. The summed E-state index contributed by atoms with van der Waals surface area (Å²) in [4.78, 5) is 11.4. The van der Waals surface area contributed by atoms with Gasteiger partial charge in [0.05, 0.1) is 20.1 Å². The van der Waals surface area contributed by atoms with Crippen LogP contribution in [-0.4, -0.2) is 20.5 Å². The molecule has 0 saturated heterocycles. The predicted octanol–water partition coefficient (Wildman–Crippen LogP) is 3.02. The van der Waals surface area contributed by atoms with Gasteiger partial charge in [0, 0.05) is 5.56 Å². The zero-order chi connectivity index (χ0) is 13.4. The van der Waals surface area contributed by atoms with Crippen molar-refractivity contribution in [3.05, 3.63) is 47.5 Å². The monoisotopic (exact) mass is 254 g/mol. The van der Waals surface area contributed by atoms with Crippen LogP contribution in [0.2, 0.25) is 0 Å². The quantitative estimate of drug-likeness (QED) is 0.790. The molecule has 0 fully saturated rings. The topological polar surface area (TPSA) is 35.5 Å². The molecule has 0 bridgehead atoms. The molecule has 1 atom stereocenters. The average Bonchev–Trinajstić information content (AvgIpc) is 2.79. The van der Waals surface area contributed by atoms with E-state index in [0.717, 1.165) is 28.5 Å². The zero-order valence-electron chi connectivity index (χ0n) is 10.8. The normalized spacial score (nSPS) is 15.6. The van der Waals surface area contributed by atoms with Crippen LogP contribution in [0.5, 0.6) is 11.5 Å². The van der Waals surface area contributed by atoms with E-state index < -0.39 is 0 Å². The van der Waals surface area contributed by atoms with Crippen LogP contribution < -0.4 is 9.47 Å². The molecule has 3 nitrogen and oxygen atoms in total. The molecular weight excluding hydrogens is 240 g/mol. The van der Waals surface area contributed by atoms with E-state index >= 15 is 0 Å². The zero-order valence-corrected chi connectivity index (χ0v) is 10.8. The molecule has 2 aromatic carbocycles. The van der Waals surface area contributed by atoms with Gasteiger partial charge in [0.25, 0.3) is 0 Å². The largest absolute Gasteiger partial charge is 0.493 e. The second-order valence-corrected chi connectivity index (χ2v) is 4.47. The summed E-state index contributed by atoms with van der Waals surface area (Å²) in [5.74, 6) is 1.16. The highest BCUT2D eigenvalue weighted by Crippen LogP contribution is 2.51. The number of carbonyl (C=O) groups excluding carboxylic acids is 1. The predicted molar refractivity (Wildman–Crippen MR) is 72.9 cm³/mol. The summed E-state index contributed by atoms with van der Waals surface area (Å²) in [5.41, 5.74) is 4.02. The summed E-state index contributed by atoms with van der Waals surface area (Å²) in [6, 6.07) is 11.7. The fraction of sp³-hybridized carbons (Fsp3) is 0.188. The summed E-state index contributed by atoms with van der Waals surface area (Å²) in [5, 5.41) is 0. The minimum atomic E-state index is -0.217. The molecule has 0 aromatic heterocycles. The number of methoxy groups -OCH3 is 2. The molecule has 1 aliphatic carbocycles. The van der Waals surface area contributed by atoms with Gasteiger partial charge in [0.2, 0.25) is 0 Å². The van der Waals surface area contributed by atoms with Crippen LogP contribution in [0.25, 0.3) is 11.1 Å². The first-order valence-corrected chi connectivity index (χ1v) is 6.11. The second kappa shape index (κ2) is 4.43. The lowest BCUT2D eigenvalue weighted by Gasteiger charge is -2.13. The van der Waals surface area contributed by atoms with Gasteiger partial charge < -0.3 is 14.3 Å². The van der Waals surface area contributed by atoms with Gasteiger partial charge in [-0.25, -0.2) is 0 Å². The summed E-state index contributed by atoms with van der Waals surface area (Å²) < 4.78 is 10.8. The van der Waals surface area contributed by atoms with Crippen molar-refractivity contribution >= 4 is 6.29 Å². The van der Waals surface area contributed by atoms with E-state index in [0.29, 0.717) is 11.5 Å². The summed E-state index contributed by atoms with van der Waals surface area (Å²) >= 11 is 0. The highest BCUT2D eigenvalue weighted by molar-refractivity contribution is 5.91. The molecule has 0 spiro atoms. The first kappa shape index (κ1) is 11.8. The van der Waals surface area contributed by atoms with Crippen molar-refractivity contribution in [1.29, 1.82) is 0 Å². The van der Waals surface area contributed by atoms with Gasteiger partial charge in [-0.15, -0.1) is 0 Å². The Hall–Kier alpha value is -2.29. The maximum absolute atomic E-state index is 11.4. The fourth-order valence-corrected chi connectivity index (χ4v) is 2.79. The number of ether oxygens (including phenoxy) is 2. The molecule has 19 heavy (non-hydrogen) atoms. The summed E-state index contributed by atoms with van der Waals surface area (Å²) in [6.07, 6.45) is 0.983. The Balaban J connectivity index is 2.36. The van der Waals surface area contributed by atoms with Crippen LogP contribution in [0, 0.1) is 0 Å². The third kappa shape index (κ3) is 1.55. The lowest BCUT2D eigenvalue weighted by atomic mass is 9.99. The molecule has 1 aliphatic rings. The molecule has 2 aromatic rings. The third-order valence-corrected chi connectivity index (χ3v) is 3.61. The van der Waals surface area contributed by atoms with E-state index in [1.165, 1.54) is 0 Å². The van der Waals surface area contributed by atoms with Crippen molar-refractivity contribution in [2.24, 2.45) is 0 Å². The Bertz CT molecular complexity index is 646. The standard InChI is InChI=1S/C16H14O3/c1-18-14-8-7-12-13(9-17)10-5-3-4-6-11(10)15(12)16(14)19-2/h3-9,13H,1-2H3/t13-/m0/s1. The summed E-state index contributed by atoms with van der Waals surface area (Å²) in [7, 11) is 3.23. The van der Waals surface area contributed by atoms with Crippen molar-refractivity contribution in [2.45, 2.75) is 5.92 Å². The van der Waals surface area contributed by atoms with Crippen LogP contribution in [0.15, 0.2) is 36.4 Å². The van der Waals surface area contributed by atoms with Crippen molar-refractivity contribution in [3.8, 4) is 22.6 Å². The number of rotatable bonds is 3. The Labute approximate surface area is 111 Å². The van der Waals surface area contributed by atoms with Gasteiger partial charge in [0.15, 0.2) is 11.5 Å². The maximum atomic E-state index is 11.4. The van der Waals surface area contributed by atoms with E-state index in [9.17, 15) is 4.79 Å². The van der Waals surface area contributed by atoms with Crippen LogP contribution in [0.4, 0.5) is 0 Å². The van der Waals surface area contributed by atoms with Crippen LogP contribution >= 0.6 is 0 Å². The highest BCUT2D eigenvalue weighted by atomic mass is 16.5. The van der Waals surface area contributed by atoms with Gasteiger partial charge >= 0.3 is 0 Å². The lowest BCUT2D eigenvalue weighted by Crippen LogP contribution is -1.98. The van der Waals surface area contributed by atoms with Crippen molar-refractivity contribution in [3.63, 3.8) is 0 Å². The Morgan fingerprint density at radius 1 is 1.00 bits per heavy atom. The number of hydrogen-bond acceptors (Lipinski definition) is 3. The first-order valence-electron chi connectivity index (χ1n) is 6.11. The molecule has 0 aliphatic heterocycles. The molecule has 3 rings (SSSR count). The minimum Gasteiger partial charge on any atom is -0.493 e. The number of carbonyl (C=O) groups is 1. The molecule has 0 heterocycles. The second-order valence-electron chi connectivity index (χ2n) is 4.47. The van der Waals surface area contributed by atoms with Crippen molar-refractivity contribution < 1.29 is 14.3 Å². The lowest BCUT2D eigenvalue weighted by molar-refractivity contribution is -0.108. The SMILES string of the molecule is COc1ccc2c(c1OC)-c1ccccc1[C@@H]2C=O. The van der Waals surface area contributed by atoms with Gasteiger partial charge in [-0.1, -0.05) is 30.3 Å². The van der Waals surface area contributed by atoms with Gasteiger partial charge in [-0.05, 0) is 22.8 Å². The highest BCUT2D eigenvalue weighted by Gasteiger charge is 2.31. The van der Waals surface area contributed by atoms with E-state index in [4.69, 9.17) is 9.47 Å². The number of aldehydes is 1. The molecule has 96 valence electrons. The van der Waals surface area contributed by atoms with E-state index in [2.05, 4.69) is 0 Å². The molecule has 0 radical (unpaired) electrons. The Morgan fingerprint density at radius 3 is 2.47 bits per heavy atom. The third-order valence-electron chi connectivity index (χ3n) is 3.61. The van der Waals surface area contributed by atoms with E-state index in [1.807, 2.05) is 36.4 Å². The fourth-order valence-electron chi connectivity index (χ4n) is 2.79. The van der Waals surface area contributed by atoms with E-state index in [-0.39, 0.29) is 5.92 Å². The molecule has 0 saturated carbocycles. The smallest absolute Gasteiger partial charge is 0.168 e. The van der Waals surface area contributed by atoms with Crippen molar-refractivity contribution in [2.75, 3.05) is 14.2 Å². The van der Waals surface area contributed by atoms with E-state index in [1.54, 1.807) is 14.2 Å². The minimum absolute atomic E-state index is 0.217. The molecule has 3 heteroatoms. The number of hydrogen-bond donors (Lipinski definition) is 0. The number of fused-ring (bicyclic) bond motifs is 3. The van der Waals surface area contributed by atoms with Crippen LogP contribution in [-0.2, 0) is 4.79 Å². The summed E-state index contributed by atoms with van der Waals surface area (Å²) in [6.45, 7) is 0. The van der Waals surface area contributed by atoms with Gasteiger partial charge in [0.1, 0.15) is 6.29 Å². The van der Waals surface area contributed by atoms with Crippen LogP contribution in [0.1, 0.15) is 17.0 Å². The molecule has 0 amide bonds. The first-order chi connectivity index (χ1) is 9.31. The average molecular weight is 254 g/mol. The van der Waals surface area contributed by atoms with Gasteiger partial charge in [-0.3, -0.25) is 0 Å². The maximum Gasteiger partial charge on any atom is 0.168 e. The molecular formula is C16H14O3. The number of benzene rings is 2. The molecule has 0 unspecified atom stereocenters. The van der Waals surface area contributed by atoms with Gasteiger partial charge in [-0.2, -0.15) is 0 Å². The van der Waals surface area contributed by atoms with Crippen molar-refractivity contribution in [1.82, 2.24) is 0 Å². The Morgan fingerprint density at radius 2 is 1.79 bits per heavy atom.